The molecule has 3 aromatic rings. The van der Waals surface area contributed by atoms with Crippen molar-refractivity contribution >= 4 is 40.1 Å². The highest BCUT2D eigenvalue weighted by Gasteiger charge is 2.30. The lowest BCUT2D eigenvalue weighted by atomic mass is 9.98. The number of nitrogens with zero attached hydrogens (tertiary/aromatic N) is 3. The van der Waals surface area contributed by atoms with Gasteiger partial charge in [0, 0.05) is 29.9 Å². The number of amides is 1. The maximum absolute atomic E-state index is 12.9. The number of aromatic amines is 1. The Morgan fingerprint density at radius 1 is 1.38 bits per heavy atom. The van der Waals surface area contributed by atoms with Gasteiger partial charge in [0.25, 0.3) is 5.91 Å². The predicted octanol–water partition coefficient (Wildman–Crippen LogP) is 4.02. The smallest absolute Gasteiger partial charge is 0.290 e. The molecule has 0 saturated heterocycles. The number of carbonyl (C=O) groups excluding carboxylic acids is 1. The number of pyridine rings is 1. The maximum atomic E-state index is 12.9. The van der Waals surface area contributed by atoms with Crippen LogP contribution in [0.3, 0.4) is 0 Å². The number of carbonyl (C=O) groups is 1. The first-order chi connectivity index (χ1) is 11.5. The standard InChI is InChI=1S/C17H14Cl2N4O/c1-9-11-3-2-5-20-13(11)4-6-23(9)17(24)16-21-14-8-10(18)7-12(19)15(14)22-16/h2-3,5,7-9H,4,6H2,1H3,(H,21,22)/t9-/m1/s1. The van der Waals surface area contributed by atoms with E-state index in [1.165, 1.54) is 0 Å². The fourth-order valence-corrected chi connectivity index (χ4v) is 3.72. The third-order valence-corrected chi connectivity index (χ3v) is 4.91. The van der Waals surface area contributed by atoms with Crippen molar-refractivity contribution in [1.29, 1.82) is 0 Å². The van der Waals surface area contributed by atoms with E-state index in [2.05, 4.69) is 15.0 Å². The van der Waals surface area contributed by atoms with Crippen molar-refractivity contribution < 1.29 is 4.79 Å². The highest BCUT2D eigenvalue weighted by molar-refractivity contribution is 6.38. The lowest BCUT2D eigenvalue weighted by Crippen LogP contribution is -2.39. The van der Waals surface area contributed by atoms with Gasteiger partial charge in [-0.15, -0.1) is 0 Å². The van der Waals surface area contributed by atoms with Crippen LogP contribution in [0.5, 0.6) is 0 Å². The number of hydrogen-bond acceptors (Lipinski definition) is 3. The Kier molecular flexibility index (Phi) is 3.70. The quantitative estimate of drug-likeness (QED) is 0.712. The number of halogens is 2. The van der Waals surface area contributed by atoms with Crippen molar-refractivity contribution in [2.24, 2.45) is 0 Å². The van der Waals surface area contributed by atoms with Gasteiger partial charge in [0.05, 0.1) is 16.6 Å². The van der Waals surface area contributed by atoms with Gasteiger partial charge in [-0.25, -0.2) is 4.98 Å². The molecule has 0 aliphatic carbocycles. The van der Waals surface area contributed by atoms with Crippen molar-refractivity contribution in [3.05, 3.63) is 57.6 Å². The van der Waals surface area contributed by atoms with Crippen LogP contribution in [0, 0.1) is 0 Å². The Hall–Kier alpha value is -2.11. The molecular weight excluding hydrogens is 347 g/mol. The average Bonchev–Trinajstić information content (AvgIpc) is 2.99. The number of H-pyrrole nitrogens is 1. The summed E-state index contributed by atoms with van der Waals surface area (Å²) in [6.45, 7) is 2.61. The Labute approximate surface area is 148 Å². The summed E-state index contributed by atoms with van der Waals surface area (Å²) in [5, 5.41) is 0.926. The molecule has 1 aromatic carbocycles. The van der Waals surface area contributed by atoms with Gasteiger partial charge in [-0.2, -0.15) is 0 Å². The minimum atomic E-state index is -0.152. The fourth-order valence-electron chi connectivity index (χ4n) is 3.18. The zero-order chi connectivity index (χ0) is 16.8. The topological polar surface area (TPSA) is 61.9 Å². The SMILES string of the molecule is C[C@@H]1c2cccnc2CCN1C(=O)c1nc2c(Cl)cc(Cl)cc2[nH]1. The number of nitrogens with one attached hydrogen (secondary N) is 1. The molecule has 1 N–H and O–H groups in total. The molecule has 1 atom stereocenters. The van der Waals surface area contributed by atoms with Crippen LogP contribution in [0.4, 0.5) is 0 Å². The van der Waals surface area contributed by atoms with Crippen LogP contribution in [-0.2, 0) is 6.42 Å². The van der Waals surface area contributed by atoms with Crippen molar-refractivity contribution in [1.82, 2.24) is 19.9 Å². The van der Waals surface area contributed by atoms with Gasteiger partial charge >= 0.3 is 0 Å². The van der Waals surface area contributed by atoms with Crippen LogP contribution in [-0.4, -0.2) is 32.3 Å². The zero-order valence-electron chi connectivity index (χ0n) is 12.9. The van der Waals surface area contributed by atoms with Crippen molar-refractivity contribution in [2.75, 3.05) is 6.54 Å². The van der Waals surface area contributed by atoms with E-state index in [-0.39, 0.29) is 17.8 Å². The molecule has 1 aliphatic rings. The zero-order valence-corrected chi connectivity index (χ0v) is 14.4. The molecule has 24 heavy (non-hydrogen) atoms. The van der Waals surface area contributed by atoms with E-state index in [4.69, 9.17) is 23.2 Å². The van der Waals surface area contributed by atoms with Crippen LogP contribution in [0.25, 0.3) is 11.0 Å². The van der Waals surface area contributed by atoms with E-state index in [1.807, 2.05) is 19.1 Å². The molecule has 3 heterocycles. The average molecular weight is 361 g/mol. The molecule has 0 fully saturated rings. The number of imidazole rings is 1. The number of benzene rings is 1. The molecule has 122 valence electrons. The number of fused-ring (bicyclic) bond motifs is 2. The highest BCUT2D eigenvalue weighted by atomic mass is 35.5. The van der Waals surface area contributed by atoms with E-state index < -0.39 is 0 Å². The van der Waals surface area contributed by atoms with Crippen LogP contribution >= 0.6 is 23.2 Å². The molecule has 2 aromatic heterocycles. The normalized spacial score (nSPS) is 17.1. The van der Waals surface area contributed by atoms with Gasteiger partial charge in [0.1, 0.15) is 5.52 Å². The summed E-state index contributed by atoms with van der Waals surface area (Å²) in [6.07, 6.45) is 2.52. The Morgan fingerprint density at radius 3 is 3.04 bits per heavy atom. The van der Waals surface area contributed by atoms with Crippen LogP contribution in [0.2, 0.25) is 10.0 Å². The second kappa shape index (κ2) is 5.76. The third kappa shape index (κ3) is 2.44. The van der Waals surface area contributed by atoms with Crippen molar-refractivity contribution in [3.8, 4) is 0 Å². The molecule has 0 bridgehead atoms. The molecule has 4 rings (SSSR count). The lowest BCUT2D eigenvalue weighted by molar-refractivity contribution is 0.0665. The summed E-state index contributed by atoms with van der Waals surface area (Å²) in [4.78, 5) is 26.5. The summed E-state index contributed by atoms with van der Waals surface area (Å²) in [5.74, 6) is 0.119. The van der Waals surface area contributed by atoms with E-state index >= 15 is 0 Å². The Balaban J connectivity index is 1.71. The Bertz CT molecular complexity index is 953. The molecule has 0 unspecified atom stereocenters. The van der Waals surface area contributed by atoms with Gasteiger partial charge in [0.15, 0.2) is 5.82 Å². The number of aromatic nitrogens is 3. The van der Waals surface area contributed by atoms with Gasteiger partial charge in [-0.1, -0.05) is 29.3 Å². The maximum Gasteiger partial charge on any atom is 0.290 e. The second-order valence-corrected chi connectivity index (χ2v) is 6.68. The molecule has 0 saturated carbocycles. The first-order valence-corrected chi connectivity index (χ1v) is 8.39. The fraction of sp³-hybridized carbons (Fsp3) is 0.235. The van der Waals surface area contributed by atoms with E-state index in [0.29, 0.717) is 27.6 Å². The van der Waals surface area contributed by atoms with Crippen molar-refractivity contribution in [3.63, 3.8) is 0 Å². The minimum Gasteiger partial charge on any atom is -0.334 e. The second-order valence-electron chi connectivity index (χ2n) is 5.83. The summed E-state index contributed by atoms with van der Waals surface area (Å²) in [6, 6.07) is 7.19. The van der Waals surface area contributed by atoms with Gasteiger partial charge in [-0.3, -0.25) is 9.78 Å². The van der Waals surface area contributed by atoms with Gasteiger partial charge in [0.2, 0.25) is 0 Å². The van der Waals surface area contributed by atoms with Crippen LogP contribution < -0.4 is 0 Å². The van der Waals surface area contributed by atoms with Crippen molar-refractivity contribution in [2.45, 2.75) is 19.4 Å². The monoisotopic (exact) mass is 360 g/mol. The van der Waals surface area contributed by atoms with Crippen LogP contribution in [0.1, 0.15) is 34.8 Å². The van der Waals surface area contributed by atoms with Gasteiger partial charge in [-0.05, 0) is 30.7 Å². The van der Waals surface area contributed by atoms with Crippen LogP contribution in [0.15, 0.2) is 30.5 Å². The lowest BCUT2D eigenvalue weighted by Gasteiger charge is -2.34. The third-order valence-electron chi connectivity index (χ3n) is 4.40. The molecule has 0 radical (unpaired) electrons. The van der Waals surface area contributed by atoms with E-state index in [1.54, 1.807) is 23.2 Å². The summed E-state index contributed by atoms with van der Waals surface area (Å²) < 4.78 is 0. The van der Waals surface area contributed by atoms with E-state index in [0.717, 1.165) is 17.7 Å². The Morgan fingerprint density at radius 2 is 2.21 bits per heavy atom. The predicted molar refractivity (Wildman–Crippen MR) is 93.5 cm³/mol. The molecular formula is C17H14Cl2N4O. The first-order valence-electron chi connectivity index (χ1n) is 7.64. The summed E-state index contributed by atoms with van der Waals surface area (Å²) in [5.41, 5.74) is 3.33. The van der Waals surface area contributed by atoms with E-state index in [9.17, 15) is 4.79 Å². The molecule has 0 spiro atoms. The highest BCUT2D eigenvalue weighted by Crippen LogP contribution is 2.30. The minimum absolute atomic E-state index is 0.0535. The summed E-state index contributed by atoms with van der Waals surface area (Å²) >= 11 is 12.2. The first kappa shape index (κ1) is 15.4. The molecule has 1 amide bonds. The summed E-state index contributed by atoms with van der Waals surface area (Å²) in [7, 11) is 0. The molecule has 5 nitrogen and oxygen atoms in total. The van der Waals surface area contributed by atoms with Gasteiger partial charge < -0.3 is 9.88 Å². The largest absolute Gasteiger partial charge is 0.334 e. The molecule has 1 aliphatic heterocycles. The number of hydrogen-bond donors (Lipinski definition) is 1. The number of rotatable bonds is 1. The molecule has 7 heteroatoms.